The highest BCUT2D eigenvalue weighted by molar-refractivity contribution is 6.09. The van der Waals surface area contributed by atoms with Crippen molar-refractivity contribution >= 4 is 16.8 Å². The zero-order valence-electron chi connectivity index (χ0n) is 14.4. The molecule has 6 nitrogen and oxygen atoms in total. The Balaban J connectivity index is 1.68. The van der Waals surface area contributed by atoms with Gasteiger partial charge in [-0.15, -0.1) is 0 Å². The molecule has 0 unspecified atom stereocenters. The highest BCUT2D eigenvalue weighted by Crippen LogP contribution is 2.32. The largest absolute Gasteiger partial charge is 0.379 e. The van der Waals surface area contributed by atoms with Gasteiger partial charge in [0.2, 0.25) is 0 Å². The molecule has 2 aliphatic rings. The zero-order chi connectivity index (χ0) is 17.7. The Labute approximate surface area is 150 Å². The summed E-state index contributed by atoms with van der Waals surface area (Å²) in [5.41, 5.74) is 2.49. The highest BCUT2D eigenvalue weighted by atomic mass is 16.5. The van der Waals surface area contributed by atoms with Gasteiger partial charge in [0.15, 0.2) is 5.43 Å². The molecule has 3 aromatic rings. The molecule has 1 aromatic carbocycles. The lowest BCUT2D eigenvalue weighted by molar-refractivity contribution is 0.0364. The van der Waals surface area contributed by atoms with Crippen LogP contribution in [0.4, 0.5) is 0 Å². The van der Waals surface area contributed by atoms with Crippen molar-refractivity contribution in [2.75, 3.05) is 32.8 Å². The Kier molecular flexibility index (Phi) is 3.55. The number of fused-ring (bicyclic) bond motifs is 4. The predicted octanol–water partition coefficient (Wildman–Crippen LogP) is 1.80. The van der Waals surface area contributed by atoms with E-state index in [1.807, 2.05) is 41.0 Å². The quantitative estimate of drug-likeness (QED) is 0.566. The van der Waals surface area contributed by atoms with Gasteiger partial charge in [0.25, 0.3) is 5.91 Å². The van der Waals surface area contributed by atoms with Crippen LogP contribution in [0.15, 0.2) is 47.4 Å². The molecule has 0 radical (unpaired) electrons. The smallest absolute Gasteiger partial charge is 0.279 e. The average Bonchev–Trinajstić information content (AvgIpc) is 3.26. The number of carbonyl (C=O) groups is 1. The van der Waals surface area contributed by atoms with Gasteiger partial charge in [-0.1, -0.05) is 12.1 Å². The van der Waals surface area contributed by atoms with Gasteiger partial charge in [0.05, 0.1) is 30.0 Å². The third-order valence-corrected chi connectivity index (χ3v) is 5.34. The summed E-state index contributed by atoms with van der Waals surface area (Å²) in [6.45, 7) is 4.77. The summed E-state index contributed by atoms with van der Waals surface area (Å²) in [7, 11) is 0. The van der Waals surface area contributed by atoms with Crippen LogP contribution in [0.1, 0.15) is 10.5 Å². The number of ether oxygens (including phenoxy) is 1. The summed E-state index contributed by atoms with van der Waals surface area (Å²) in [6, 6.07) is 11.2. The standard InChI is InChI=1S/C20H19N3O3/c24-19-14-4-1-2-5-15(14)22(9-8-21-10-12-26-13-11-21)18-17(19)16-6-3-7-23(16)20(18)25/h1-7H,8-13H2. The number of morpholine rings is 1. The first-order chi connectivity index (χ1) is 12.8. The van der Waals surface area contributed by atoms with E-state index in [0.717, 1.165) is 38.4 Å². The van der Waals surface area contributed by atoms with Gasteiger partial charge in [-0.25, -0.2) is 0 Å². The molecule has 6 heteroatoms. The Morgan fingerprint density at radius 3 is 2.62 bits per heavy atom. The molecule has 0 amide bonds. The number of pyridine rings is 1. The number of para-hydroxylation sites is 1. The SMILES string of the molecule is O=C1c2c(c(=O)c3ccccc3n2CCN2CCOCC2)-c2cccn21. The van der Waals surface area contributed by atoms with Gasteiger partial charge in [0.1, 0.15) is 5.69 Å². The van der Waals surface area contributed by atoms with E-state index in [4.69, 9.17) is 4.74 Å². The van der Waals surface area contributed by atoms with Gasteiger partial charge in [-0.05, 0) is 24.3 Å². The summed E-state index contributed by atoms with van der Waals surface area (Å²) in [6.07, 6.45) is 1.73. The maximum Gasteiger partial charge on any atom is 0.279 e. The van der Waals surface area contributed by atoms with Crippen LogP contribution in [-0.4, -0.2) is 52.8 Å². The first-order valence-electron chi connectivity index (χ1n) is 8.94. The fourth-order valence-corrected chi connectivity index (χ4v) is 4.03. The second kappa shape index (κ2) is 5.93. The highest BCUT2D eigenvalue weighted by Gasteiger charge is 2.32. The fraction of sp³-hybridized carbons (Fsp3) is 0.300. The molecule has 0 saturated carbocycles. The molecule has 1 fully saturated rings. The normalized spacial score (nSPS) is 16.8. The van der Waals surface area contributed by atoms with Crippen molar-refractivity contribution in [3.8, 4) is 11.3 Å². The molecule has 0 spiro atoms. The molecule has 1 saturated heterocycles. The number of rotatable bonds is 3. The van der Waals surface area contributed by atoms with Crippen LogP contribution in [-0.2, 0) is 11.3 Å². The van der Waals surface area contributed by atoms with E-state index in [-0.39, 0.29) is 11.3 Å². The topological polar surface area (TPSA) is 56.5 Å². The summed E-state index contributed by atoms with van der Waals surface area (Å²) in [5.74, 6) is -0.121. The van der Waals surface area contributed by atoms with E-state index in [1.54, 1.807) is 10.8 Å². The first-order valence-corrected chi connectivity index (χ1v) is 8.94. The van der Waals surface area contributed by atoms with E-state index in [1.165, 1.54) is 0 Å². The Morgan fingerprint density at radius 2 is 1.77 bits per heavy atom. The Hall–Kier alpha value is -2.70. The number of aromatic nitrogens is 2. The second-order valence-corrected chi connectivity index (χ2v) is 6.74. The average molecular weight is 349 g/mol. The zero-order valence-corrected chi connectivity index (χ0v) is 14.4. The monoisotopic (exact) mass is 349 g/mol. The van der Waals surface area contributed by atoms with Crippen molar-refractivity contribution in [1.82, 2.24) is 14.0 Å². The molecular weight excluding hydrogens is 330 g/mol. The Morgan fingerprint density at radius 1 is 0.962 bits per heavy atom. The molecule has 2 aliphatic heterocycles. The summed E-state index contributed by atoms with van der Waals surface area (Å²) in [5, 5.41) is 0.663. The van der Waals surface area contributed by atoms with Crippen molar-refractivity contribution in [1.29, 1.82) is 0 Å². The van der Waals surface area contributed by atoms with Crippen LogP contribution in [0.3, 0.4) is 0 Å². The number of hydrogen-bond acceptors (Lipinski definition) is 4. The molecule has 132 valence electrons. The van der Waals surface area contributed by atoms with Gasteiger partial charge in [-0.2, -0.15) is 0 Å². The molecule has 2 aromatic heterocycles. The van der Waals surface area contributed by atoms with Gasteiger partial charge in [-0.3, -0.25) is 19.1 Å². The lowest BCUT2D eigenvalue weighted by Crippen LogP contribution is -2.38. The van der Waals surface area contributed by atoms with E-state index < -0.39 is 0 Å². The minimum Gasteiger partial charge on any atom is -0.379 e. The summed E-state index contributed by atoms with van der Waals surface area (Å²) >= 11 is 0. The van der Waals surface area contributed by atoms with Crippen LogP contribution in [0.5, 0.6) is 0 Å². The predicted molar refractivity (Wildman–Crippen MR) is 98.6 cm³/mol. The second-order valence-electron chi connectivity index (χ2n) is 6.74. The number of benzene rings is 1. The molecule has 4 heterocycles. The molecular formula is C20H19N3O3. The molecule has 0 bridgehead atoms. The Bertz CT molecular complexity index is 1070. The van der Waals surface area contributed by atoms with Gasteiger partial charge in [0, 0.05) is 37.8 Å². The third-order valence-electron chi connectivity index (χ3n) is 5.34. The third kappa shape index (κ3) is 2.19. The fourth-order valence-electron chi connectivity index (χ4n) is 4.03. The van der Waals surface area contributed by atoms with Gasteiger partial charge >= 0.3 is 0 Å². The van der Waals surface area contributed by atoms with E-state index >= 15 is 0 Å². The molecule has 0 N–H and O–H groups in total. The number of carbonyl (C=O) groups excluding carboxylic acids is 1. The van der Waals surface area contributed by atoms with Crippen LogP contribution in [0, 0.1) is 0 Å². The lowest BCUT2D eigenvalue weighted by atomic mass is 10.1. The molecule has 0 aliphatic carbocycles. The van der Waals surface area contributed by atoms with Crippen molar-refractivity contribution in [2.24, 2.45) is 0 Å². The van der Waals surface area contributed by atoms with E-state index in [2.05, 4.69) is 4.90 Å². The van der Waals surface area contributed by atoms with Crippen LogP contribution < -0.4 is 5.43 Å². The lowest BCUT2D eigenvalue weighted by Gasteiger charge is -2.27. The summed E-state index contributed by atoms with van der Waals surface area (Å²) < 4.78 is 9.02. The summed E-state index contributed by atoms with van der Waals surface area (Å²) in [4.78, 5) is 28.4. The van der Waals surface area contributed by atoms with Crippen molar-refractivity contribution in [3.63, 3.8) is 0 Å². The van der Waals surface area contributed by atoms with Crippen LogP contribution in [0.25, 0.3) is 22.2 Å². The first kappa shape index (κ1) is 15.5. The van der Waals surface area contributed by atoms with Gasteiger partial charge < -0.3 is 9.30 Å². The number of hydrogen-bond donors (Lipinski definition) is 0. The van der Waals surface area contributed by atoms with E-state index in [9.17, 15) is 9.59 Å². The maximum absolute atomic E-state index is 13.1. The molecule has 0 atom stereocenters. The number of nitrogens with zero attached hydrogens (tertiary/aromatic N) is 3. The minimum atomic E-state index is -0.121. The van der Waals surface area contributed by atoms with Crippen molar-refractivity contribution in [2.45, 2.75) is 6.54 Å². The van der Waals surface area contributed by atoms with Crippen molar-refractivity contribution in [3.05, 3.63) is 58.5 Å². The maximum atomic E-state index is 13.1. The van der Waals surface area contributed by atoms with E-state index in [0.29, 0.717) is 28.9 Å². The van der Waals surface area contributed by atoms with Crippen LogP contribution >= 0.6 is 0 Å². The van der Waals surface area contributed by atoms with Crippen molar-refractivity contribution < 1.29 is 9.53 Å². The minimum absolute atomic E-state index is 0.0657. The molecule has 26 heavy (non-hydrogen) atoms. The molecule has 5 rings (SSSR count). The van der Waals surface area contributed by atoms with Crippen LogP contribution in [0.2, 0.25) is 0 Å².